The van der Waals surface area contributed by atoms with E-state index in [1.165, 1.54) is 7.11 Å². The van der Waals surface area contributed by atoms with Crippen molar-refractivity contribution in [1.29, 1.82) is 0 Å². The van der Waals surface area contributed by atoms with E-state index in [0.29, 0.717) is 5.56 Å². The molecule has 1 N–H and O–H groups in total. The third-order valence-corrected chi connectivity index (χ3v) is 2.60. The van der Waals surface area contributed by atoms with E-state index in [4.69, 9.17) is 9.47 Å². The van der Waals surface area contributed by atoms with Crippen molar-refractivity contribution in [3.63, 3.8) is 0 Å². The molecule has 6 heteroatoms. The molecule has 0 radical (unpaired) electrons. The van der Waals surface area contributed by atoms with Crippen LogP contribution in [0.25, 0.3) is 0 Å². The van der Waals surface area contributed by atoms with Gasteiger partial charge in [0.2, 0.25) is 0 Å². The van der Waals surface area contributed by atoms with Crippen molar-refractivity contribution in [2.75, 3.05) is 7.11 Å². The Morgan fingerprint density at radius 3 is 2.18 bits per heavy atom. The van der Waals surface area contributed by atoms with Crippen LogP contribution in [-0.4, -0.2) is 24.8 Å². The number of alkyl carbamates (subject to hydrolysis) is 1. The summed E-state index contributed by atoms with van der Waals surface area (Å²) in [6.07, 6.45) is -0.656. The summed E-state index contributed by atoms with van der Waals surface area (Å²) < 4.78 is 9.91. The Morgan fingerprint density at radius 2 is 1.73 bits per heavy atom. The second kappa shape index (κ2) is 10.7. The van der Waals surface area contributed by atoms with E-state index < -0.39 is 23.7 Å². The molecule has 0 spiro atoms. The van der Waals surface area contributed by atoms with Gasteiger partial charge in [-0.1, -0.05) is 24.3 Å². The summed E-state index contributed by atoms with van der Waals surface area (Å²) in [5, 5.41) is 2.55. The molecule has 0 heterocycles. The van der Waals surface area contributed by atoms with E-state index in [-0.39, 0.29) is 76.3 Å². The molecule has 1 rings (SSSR count). The Morgan fingerprint density at radius 1 is 1.18 bits per heavy atom. The van der Waals surface area contributed by atoms with Gasteiger partial charge < -0.3 is 22.2 Å². The van der Waals surface area contributed by atoms with Gasteiger partial charge in [-0.3, -0.25) is 0 Å². The van der Waals surface area contributed by atoms with Gasteiger partial charge >= 0.3 is 81.0 Å². The predicted octanol–water partition coefficient (Wildman–Crippen LogP) is 0.188. The first-order valence-corrected chi connectivity index (χ1v) is 6.37. The molecule has 1 unspecified atom stereocenters. The Hall–Kier alpha value is 0.0119. The van der Waals surface area contributed by atoms with Crippen molar-refractivity contribution in [3.05, 3.63) is 42.8 Å². The molecule has 0 aliphatic carbocycles. The number of rotatable bonds is 3. The normalized spacial score (nSPS) is 11.3. The zero-order chi connectivity index (χ0) is 15.3. The maximum atomic E-state index is 11.9. The fourth-order valence-electron chi connectivity index (χ4n) is 1.72. The standard InChI is InChI=1S/C15H21NO4.CH3.Cs/c1-10-8-6-7-9-11(10)12(13(17)19-5)16-14(18)20-15(2,3)4;;/h6-9,12H,1-5H3,(H,16,18);1H3;/q;-1;+1. The predicted molar refractivity (Wildman–Crippen MR) is 81.7 cm³/mol. The minimum Gasteiger partial charge on any atom is -0.467 e. The minimum absolute atomic E-state index is 0. The third-order valence-electron chi connectivity index (χ3n) is 2.60. The number of methoxy groups -OCH3 is 1. The number of hydrogen-bond acceptors (Lipinski definition) is 4. The number of carbonyl (C=O) groups is 2. The van der Waals surface area contributed by atoms with Gasteiger partial charge in [0, 0.05) is 0 Å². The van der Waals surface area contributed by atoms with Gasteiger partial charge in [-0.05, 0) is 38.8 Å². The van der Waals surface area contributed by atoms with E-state index in [1.807, 2.05) is 19.1 Å². The van der Waals surface area contributed by atoms with E-state index >= 15 is 0 Å². The summed E-state index contributed by atoms with van der Waals surface area (Å²) in [6, 6.07) is 6.42. The summed E-state index contributed by atoms with van der Waals surface area (Å²) in [7, 11) is 1.28. The van der Waals surface area contributed by atoms with Crippen molar-refractivity contribution in [2.45, 2.75) is 39.3 Å². The second-order valence-electron chi connectivity index (χ2n) is 5.46. The first-order chi connectivity index (χ1) is 9.24. The van der Waals surface area contributed by atoms with Crippen molar-refractivity contribution in [3.8, 4) is 0 Å². The average molecular weight is 427 g/mol. The number of hydrogen-bond donors (Lipinski definition) is 1. The number of amides is 1. The zero-order valence-electron chi connectivity index (χ0n) is 14.5. The Labute approximate surface area is 191 Å². The van der Waals surface area contributed by atoms with Crippen LogP contribution in [0.2, 0.25) is 0 Å². The van der Waals surface area contributed by atoms with Crippen LogP contribution in [0.4, 0.5) is 4.79 Å². The Balaban J connectivity index is 0. The van der Waals surface area contributed by atoms with Crippen molar-refractivity contribution < 1.29 is 88.0 Å². The molecule has 0 fully saturated rings. The van der Waals surface area contributed by atoms with Crippen molar-refractivity contribution >= 4 is 12.1 Å². The van der Waals surface area contributed by atoms with Gasteiger partial charge in [-0.15, -0.1) is 0 Å². The van der Waals surface area contributed by atoms with Gasteiger partial charge in [0.05, 0.1) is 7.11 Å². The van der Waals surface area contributed by atoms with Crippen LogP contribution in [0.1, 0.15) is 37.9 Å². The Kier molecular flexibility index (Phi) is 11.8. The zero-order valence-corrected chi connectivity index (χ0v) is 20.8. The number of benzene rings is 1. The van der Waals surface area contributed by atoms with Crippen molar-refractivity contribution in [1.82, 2.24) is 5.32 Å². The van der Waals surface area contributed by atoms with Crippen LogP contribution >= 0.6 is 0 Å². The van der Waals surface area contributed by atoms with Gasteiger partial charge in [0.1, 0.15) is 5.60 Å². The van der Waals surface area contributed by atoms with Crippen LogP contribution < -0.4 is 74.2 Å². The molecule has 1 aromatic carbocycles. The summed E-state index contributed by atoms with van der Waals surface area (Å²) >= 11 is 0. The van der Waals surface area contributed by atoms with Gasteiger partial charge in [-0.2, -0.15) is 0 Å². The largest absolute Gasteiger partial charge is 1.00 e. The number of ether oxygens (including phenoxy) is 2. The molecule has 0 aromatic heterocycles. The molecule has 1 atom stereocenters. The van der Waals surface area contributed by atoms with Crippen LogP contribution in [0.5, 0.6) is 0 Å². The molecule has 118 valence electrons. The van der Waals surface area contributed by atoms with Crippen LogP contribution in [0.15, 0.2) is 24.3 Å². The average Bonchev–Trinajstić information content (AvgIpc) is 2.34. The molecule has 0 saturated heterocycles. The number of esters is 1. The van der Waals surface area contributed by atoms with Crippen LogP contribution in [0.3, 0.4) is 0 Å². The van der Waals surface area contributed by atoms with Crippen LogP contribution in [0, 0.1) is 14.4 Å². The summed E-state index contributed by atoms with van der Waals surface area (Å²) in [6.45, 7) is 7.14. The first kappa shape index (κ1) is 24.3. The molecule has 22 heavy (non-hydrogen) atoms. The number of carbonyl (C=O) groups excluding carboxylic acids is 2. The SMILES string of the molecule is COC(=O)C(NC(=O)OC(C)(C)C)c1ccccc1C.[CH3-].[Cs+]. The maximum absolute atomic E-state index is 11.9. The third kappa shape index (κ3) is 8.03. The van der Waals surface area contributed by atoms with E-state index in [9.17, 15) is 9.59 Å². The van der Waals surface area contributed by atoms with Gasteiger partial charge in [0.15, 0.2) is 6.04 Å². The molecule has 0 aliphatic heterocycles. The number of aryl methyl sites for hydroxylation is 1. The smallest absolute Gasteiger partial charge is 0.467 e. The maximum Gasteiger partial charge on any atom is 1.00 e. The summed E-state index contributed by atoms with van der Waals surface area (Å²) in [5.41, 5.74) is 0.945. The molecule has 1 amide bonds. The molecule has 5 nitrogen and oxygen atoms in total. The van der Waals surface area contributed by atoms with Crippen molar-refractivity contribution in [2.24, 2.45) is 0 Å². The molecule has 0 aliphatic rings. The van der Waals surface area contributed by atoms with Gasteiger partial charge in [0.25, 0.3) is 0 Å². The monoisotopic (exact) mass is 427 g/mol. The number of nitrogens with one attached hydrogen (secondary N) is 1. The topological polar surface area (TPSA) is 64.6 Å². The second-order valence-corrected chi connectivity index (χ2v) is 5.46. The molecule has 1 aromatic rings. The summed E-state index contributed by atoms with van der Waals surface area (Å²) in [4.78, 5) is 23.7. The molecular weight excluding hydrogens is 403 g/mol. The van der Waals surface area contributed by atoms with E-state index in [0.717, 1.165) is 5.56 Å². The van der Waals surface area contributed by atoms with E-state index in [2.05, 4.69) is 5.32 Å². The Bertz CT molecular complexity index is 497. The van der Waals surface area contributed by atoms with E-state index in [1.54, 1.807) is 32.9 Å². The van der Waals surface area contributed by atoms with Crippen LogP contribution in [-0.2, 0) is 14.3 Å². The fourth-order valence-corrected chi connectivity index (χ4v) is 1.72. The fraction of sp³-hybridized carbons (Fsp3) is 0.438. The van der Waals surface area contributed by atoms with Gasteiger partial charge in [-0.25, -0.2) is 9.59 Å². The first-order valence-electron chi connectivity index (χ1n) is 6.37. The molecular formula is C16H24CsNO4. The summed E-state index contributed by atoms with van der Waals surface area (Å²) in [5.74, 6) is -0.537. The minimum atomic E-state index is -0.879. The molecule has 0 bridgehead atoms. The molecule has 0 saturated carbocycles. The quantitative estimate of drug-likeness (QED) is 0.553.